The van der Waals surface area contributed by atoms with Crippen molar-refractivity contribution in [3.05, 3.63) is 93.8 Å². The molecule has 1 heterocycles. The molecule has 0 spiro atoms. The minimum Gasteiger partial charge on any atom is -0.326 e. The lowest BCUT2D eigenvalue weighted by molar-refractivity contribution is -0.115. The van der Waals surface area contributed by atoms with E-state index in [-0.39, 0.29) is 24.0 Å². The zero-order chi connectivity index (χ0) is 23.9. The van der Waals surface area contributed by atoms with Crippen LogP contribution < -0.4 is 10.6 Å². The van der Waals surface area contributed by atoms with Gasteiger partial charge in [0.25, 0.3) is 0 Å². The molecule has 3 aromatic carbocycles. The fourth-order valence-electron chi connectivity index (χ4n) is 3.08. The molecule has 1 aromatic heterocycles. The number of carbonyl (C=O) groups is 2. The van der Waals surface area contributed by atoms with Gasteiger partial charge in [0.05, 0.1) is 17.9 Å². The molecule has 0 saturated carbocycles. The Bertz CT molecular complexity index is 1310. The van der Waals surface area contributed by atoms with Crippen molar-refractivity contribution in [1.29, 1.82) is 0 Å². The number of amides is 2. The van der Waals surface area contributed by atoms with E-state index in [4.69, 9.17) is 23.2 Å². The summed E-state index contributed by atoms with van der Waals surface area (Å²) in [6.07, 6.45) is 0.251. The van der Waals surface area contributed by atoms with Crippen molar-refractivity contribution in [3.8, 4) is 11.3 Å². The van der Waals surface area contributed by atoms with Gasteiger partial charge >= 0.3 is 0 Å². The van der Waals surface area contributed by atoms with Gasteiger partial charge in [-0.15, -0.1) is 23.1 Å². The highest BCUT2D eigenvalue weighted by Gasteiger charge is 2.11. The van der Waals surface area contributed by atoms with Gasteiger partial charge in [0.15, 0.2) is 5.13 Å². The lowest BCUT2D eigenvalue weighted by Crippen LogP contribution is -2.15. The molecule has 9 heteroatoms. The molecule has 0 bridgehead atoms. The third kappa shape index (κ3) is 6.84. The van der Waals surface area contributed by atoms with Crippen molar-refractivity contribution < 1.29 is 9.59 Å². The molecule has 0 aliphatic rings. The van der Waals surface area contributed by atoms with Gasteiger partial charge in [-0.2, -0.15) is 0 Å². The predicted molar refractivity (Wildman–Crippen MR) is 142 cm³/mol. The van der Waals surface area contributed by atoms with Crippen LogP contribution in [0.1, 0.15) is 5.56 Å². The second kappa shape index (κ2) is 11.5. The van der Waals surface area contributed by atoms with Gasteiger partial charge in [0, 0.05) is 31.6 Å². The molecule has 0 atom stereocenters. The van der Waals surface area contributed by atoms with Crippen molar-refractivity contribution in [1.82, 2.24) is 4.98 Å². The number of hydrogen-bond donors (Lipinski definition) is 2. The quantitative estimate of drug-likeness (QED) is 0.241. The number of aromatic nitrogens is 1. The summed E-state index contributed by atoms with van der Waals surface area (Å²) in [5.41, 5.74) is 3.10. The molecular weight excluding hydrogens is 509 g/mol. The molecule has 0 aliphatic carbocycles. The summed E-state index contributed by atoms with van der Waals surface area (Å²) in [4.78, 5) is 30.1. The van der Waals surface area contributed by atoms with E-state index < -0.39 is 0 Å². The number of nitrogens with one attached hydrogen (secondary N) is 2. The van der Waals surface area contributed by atoms with E-state index in [0.29, 0.717) is 20.9 Å². The first-order chi connectivity index (χ1) is 16.5. The number of anilines is 2. The third-order valence-corrected chi connectivity index (χ3v) is 7.00. The van der Waals surface area contributed by atoms with Crippen LogP contribution in [0.4, 0.5) is 10.8 Å². The Morgan fingerprint density at radius 3 is 2.50 bits per heavy atom. The SMILES string of the molecule is O=C(Cc1ccc(Cl)cc1)Nc1cccc(SCC(=O)Nc2nc(-c3ccccc3Cl)cs2)c1. The predicted octanol–water partition coefficient (Wildman–Crippen LogP) is 7.03. The van der Waals surface area contributed by atoms with E-state index in [1.54, 1.807) is 18.2 Å². The lowest BCUT2D eigenvalue weighted by atomic mass is 10.1. The Hall–Kier alpha value is -2.84. The van der Waals surface area contributed by atoms with Gasteiger partial charge in [-0.1, -0.05) is 59.6 Å². The summed E-state index contributed by atoms with van der Waals surface area (Å²) in [6.45, 7) is 0. The Labute approximate surface area is 215 Å². The summed E-state index contributed by atoms with van der Waals surface area (Å²) in [7, 11) is 0. The van der Waals surface area contributed by atoms with Crippen LogP contribution in [0.25, 0.3) is 11.3 Å². The Morgan fingerprint density at radius 2 is 1.71 bits per heavy atom. The van der Waals surface area contributed by atoms with E-state index in [1.807, 2.05) is 60.0 Å². The van der Waals surface area contributed by atoms with Crippen LogP contribution in [0.2, 0.25) is 10.0 Å². The Morgan fingerprint density at radius 1 is 0.912 bits per heavy atom. The molecule has 172 valence electrons. The Balaban J connectivity index is 1.29. The van der Waals surface area contributed by atoms with Crippen LogP contribution >= 0.6 is 46.3 Å². The van der Waals surface area contributed by atoms with Gasteiger partial charge in [-0.25, -0.2) is 4.98 Å². The summed E-state index contributed by atoms with van der Waals surface area (Å²) in [5.74, 6) is -0.0778. The molecule has 2 amide bonds. The zero-order valence-corrected chi connectivity index (χ0v) is 20.9. The summed E-state index contributed by atoms with van der Waals surface area (Å²) in [6, 6.07) is 22.0. The standard InChI is InChI=1S/C25H19Cl2N3O2S2/c26-17-10-8-16(9-11-17)12-23(31)28-18-4-3-5-19(13-18)33-15-24(32)30-25-29-22(14-34-25)20-6-1-2-7-21(20)27/h1-11,13-14H,12,15H2,(H,28,31)(H,29,30,32). The van der Waals surface area contributed by atoms with E-state index in [9.17, 15) is 9.59 Å². The lowest BCUT2D eigenvalue weighted by Gasteiger charge is -2.08. The minimum absolute atomic E-state index is 0.125. The number of halogens is 2. The topological polar surface area (TPSA) is 71.1 Å². The number of carbonyl (C=O) groups excluding carboxylic acids is 2. The van der Waals surface area contributed by atoms with Crippen molar-refractivity contribution >= 4 is 68.9 Å². The molecule has 0 unspecified atom stereocenters. The van der Waals surface area contributed by atoms with Crippen LogP contribution in [0.5, 0.6) is 0 Å². The van der Waals surface area contributed by atoms with Crippen LogP contribution in [0.3, 0.4) is 0 Å². The fraction of sp³-hybridized carbons (Fsp3) is 0.0800. The second-order valence-electron chi connectivity index (χ2n) is 7.23. The number of thioether (sulfide) groups is 1. The second-order valence-corrected chi connectivity index (χ2v) is 9.98. The highest BCUT2D eigenvalue weighted by Crippen LogP contribution is 2.30. The zero-order valence-electron chi connectivity index (χ0n) is 17.8. The molecule has 0 radical (unpaired) electrons. The van der Waals surface area contributed by atoms with Crippen molar-refractivity contribution in [2.45, 2.75) is 11.3 Å². The van der Waals surface area contributed by atoms with Crippen LogP contribution in [0, 0.1) is 0 Å². The van der Waals surface area contributed by atoms with Gasteiger partial charge in [-0.3, -0.25) is 9.59 Å². The summed E-state index contributed by atoms with van der Waals surface area (Å²) in [5, 5.41) is 9.34. The average Bonchev–Trinajstić information content (AvgIpc) is 3.28. The number of benzene rings is 3. The highest BCUT2D eigenvalue weighted by molar-refractivity contribution is 8.00. The molecule has 0 fully saturated rings. The molecule has 0 saturated heterocycles. The van der Waals surface area contributed by atoms with E-state index in [1.165, 1.54) is 23.1 Å². The van der Waals surface area contributed by atoms with Crippen LogP contribution in [-0.2, 0) is 16.0 Å². The van der Waals surface area contributed by atoms with Crippen molar-refractivity contribution in [2.24, 2.45) is 0 Å². The van der Waals surface area contributed by atoms with E-state index >= 15 is 0 Å². The van der Waals surface area contributed by atoms with Crippen LogP contribution in [0.15, 0.2) is 83.1 Å². The summed E-state index contributed by atoms with van der Waals surface area (Å²) >= 11 is 14.8. The number of rotatable bonds is 8. The van der Waals surface area contributed by atoms with Gasteiger partial charge in [0.1, 0.15) is 0 Å². The smallest absolute Gasteiger partial charge is 0.236 e. The number of hydrogen-bond acceptors (Lipinski definition) is 5. The van der Waals surface area contributed by atoms with Gasteiger partial charge in [-0.05, 0) is 42.0 Å². The van der Waals surface area contributed by atoms with Crippen molar-refractivity contribution in [3.63, 3.8) is 0 Å². The maximum Gasteiger partial charge on any atom is 0.236 e. The van der Waals surface area contributed by atoms with Crippen molar-refractivity contribution in [2.75, 3.05) is 16.4 Å². The average molecular weight is 528 g/mol. The van der Waals surface area contributed by atoms with E-state index in [2.05, 4.69) is 15.6 Å². The first-order valence-electron chi connectivity index (χ1n) is 10.2. The maximum absolute atomic E-state index is 12.4. The third-order valence-electron chi connectivity index (χ3n) is 4.67. The van der Waals surface area contributed by atoms with Crippen LogP contribution in [-0.4, -0.2) is 22.6 Å². The normalized spacial score (nSPS) is 10.6. The van der Waals surface area contributed by atoms with Gasteiger partial charge in [0.2, 0.25) is 11.8 Å². The molecule has 2 N–H and O–H groups in total. The molecule has 4 rings (SSSR count). The number of nitrogens with zero attached hydrogens (tertiary/aromatic N) is 1. The van der Waals surface area contributed by atoms with E-state index in [0.717, 1.165) is 21.7 Å². The first-order valence-corrected chi connectivity index (χ1v) is 12.9. The molecular formula is C25H19Cl2N3O2S2. The Kier molecular flexibility index (Phi) is 8.24. The minimum atomic E-state index is -0.165. The monoisotopic (exact) mass is 527 g/mol. The molecule has 4 aromatic rings. The largest absolute Gasteiger partial charge is 0.326 e. The molecule has 0 aliphatic heterocycles. The summed E-state index contributed by atoms with van der Waals surface area (Å²) < 4.78 is 0. The first kappa shape index (κ1) is 24.3. The van der Waals surface area contributed by atoms with Gasteiger partial charge < -0.3 is 10.6 Å². The maximum atomic E-state index is 12.4. The molecule has 34 heavy (non-hydrogen) atoms. The fourth-order valence-corrected chi connectivity index (χ4v) is 4.92. The molecule has 5 nitrogen and oxygen atoms in total. The highest BCUT2D eigenvalue weighted by atomic mass is 35.5. The number of thiazole rings is 1.